The number of aliphatic hydroxyl groups excluding tert-OH is 1. The molecular formula is C77H103ClO13. The van der Waals surface area contributed by atoms with Crippen molar-refractivity contribution < 1.29 is 63.3 Å². The summed E-state index contributed by atoms with van der Waals surface area (Å²) in [6.07, 6.45) is 6.74. The fourth-order valence-electron chi connectivity index (χ4n) is 14.9. The number of aromatic hydroxyl groups is 3. The van der Waals surface area contributed by atoms with Crippen molar-refractivity contribution in [1.29, 1.82) is 0 Å². The van der Waals surface area contributed by atoms with Crippen LogP contribution in [0, 0.1) is 90.9 Å². The third-order valence-electron chi connectivity index (χ3n) is 20.2. The number of carbonyl (C=O) groups is 5. The minimum Gasteiger partial charge on any atom is -0.507 e. The van der Waals surface area contributed by atoms with Crippen LogP contribution in [0.3, 0.4) is 0 Å². The zero-order valence-corrected chi connectivity index (χ0v) is 59.4. The average Bonchev–Trinajstić information content (AvgIpc) is 1.66. The number of Topliss-reactive ketones (excluding diaryl/α,β-unsaturated/α-hetero) is 5. The van der Waals surface area contributed by atoms with Crippen LogP contribution in [0.15, 0.2) is 12.1 Å². The van der Waals surface area contributed by atoms with E-state index in [9.17, 15) is 39.3 Å². The van der Waals surface area contributed by atoms with Crippen molar-refractivity contribution in [2.75, 3.05) is 60.7 Å². The number of alkyl halides is 1. The molecule has 0 saturated heterocycles. The standard InChI is InChI=1S/C16H22O3.C16H22O2.C15H19ClO2.2C15H20O3/c1-9-11(6-7-19-5)10(2)14(17)12-8-16(3,4)15(18)13(9)12;1-10-8-12-9-16(3,4)15(17)14(12)11(2)13(10)6-7-18-5;1-8-10(5-6-16)9(2)13(17)11-7-15(3,4)14(18)12(8)11;1-9-7-11-8-13(18-4)15(16)14(11)10(2)12(9)5-6-17-3;1-8-10(5-6-16)9(2)13(17)11-7-15(3,4)14(18)12(8)11/h17H,6-8H2,1-5H3;8H,6-7,9H2,1-5H3;17H,5-7H2,1-4H3;7,13H,5-6,8H2,1-4H3;16-17H,5-7H2,1-4H3. The van der Waals surface area contributed by atoms with E-state index in [1.54, 1.807) is 28.4 Å². The number of fused-ring (bicyclic) bond motifs is 5. The second-order valence-corrected chi connectivity index (χ2v) is 28.8. The summed E-state index contributed by atoms with van der Waals surface area (Å²) in [4.78, 5) is 62.0. The Kier molecular flexibility index (Phi) is 23.6. The Bertz CT molecular complexity index is 3590. The van der Waals surface area contributed by atoms with E-state index in [-0.39, 0.29) is 52.8 Å². The number of ether oxygens (including phenoxy) is 4. The molecule has 1 atom stereocenters. The number of halogens is 1. The summed E-state index contributed by atoms with van der Waals surface area (Å²) in [6.45, 7) is 37.6. The summed E-state index contributed by atoms with van der Waals surface area (Å²) in [5.74, 6) is 2.13. The lowest BCUT2D eigenvalue weighted by Gasteiger charge is -2.16. The van der Waals surface area contributed by atoms with Crippen LogP contribution in [0.1, 0.15) is 218 Å². The molecule has 5 aliphatic rings. The van der Waals surface area contributed by atoms with E-state index in [1.807, 2.05) is 104 Å². The van der Waals surface area contributed by atoms with Crippen LogP contribution in [0.4, 0.5) is 0 Å². The van der Waals surface area contributed by atoms with Crippen LogP contribution >= 0.6 is 11.6 Å². The van der Waals surface area contributed by atoms with Gasteiger partial charge in [-0.2, -0.15) is 0 Å². The Morgan fingerprint density at radius 1 is 0.418 bits per heavy atom. The molecule has 5 aliphatic carbocycles. The fourth-order valence-corrected chi connectivity index (χ4v) is 15.1. The van der Waals surface area contributed by atoms with Crippen LogP contribution in [0.5, 0.6) is 17.2 Å². The van der Waals surface area contributed by atoms with Gasteiger partial charge in [-0.25, -0.2) is 0 Å². The van der Waals surface area contributed by atoms with Gasteiger partial charge >= 0.3 is 0 Å². The highest BCUT2D eigenvalue weighted by atomic mass is 35.5. The zero-order valence-electron chi connectivity index (χ0n) is 58.7. The van der Waals surface area contributed by atoms with Crippen molar-refractivity contribution in [2.24, 2.45) is 21.7 Å². The van der Waals surface area contributed by atoms with Crippen LogP contribution < -0.4 is 0 Å². The van der Waals surface area contributed by atoms with Gasteiger partial charge in [-0.3, -0.25) is 24.0 Å². The smallest absolute Gasteiger partial charge is 0.192 e. The maximum atomic E-state index is 12.5. The van der Waals surface area contributed by atoms with Gasteiger partial charge in [-0.1, -0.05) is 67.5 Å². The minimum absolute atomic E-state index is 0.0253. The molecule has 1 unspecified atom stereocenters. The van der Waals surface area contributed by atoms with E-state index in [1.165, 1.54) is 27.8 Å². The van der Waals surface area contributed by atoms with Crippen LogP contribution in [0.25, 0.3) is 0 Å². The topological polar surface area (TPSA) is 203 Å². The highest BCUT2D eigenvalue weighted by Crippen LogP contribution is 2.48. The van der Waals surface area contributed by atoms with Crippen molar-refractivity contribution in [3.05, 3.63) is 151 Å². The molecule has 13 nitrogen and oxygen atoms in total. The van der Waals surface area contributed by atoms with E-state index < -0.39 is 16.2 Å². The summed E-state index contributed by atoms with van der Waals surface area (Å²) in [7, 11) is 6.67. The third kappa shape index (κ3) is 14.4. The lowest BCUT2D eigenvalue weighted by Crippen LogP contribution is -2.19. The van der Waals surface area contributed by atoms with Crippen molar-refractivity contribution in [2.45, 2.75) is 195 Å². The number of rotatable bonds is 14. The first-order valence-electron chi connectivity index (χ1n) is 32.1. The first kappa shape index (κ1) is 74.0. The summed E-state index contributed by atoms with van der Waals surface area (Å²) in [5.41, 5.74) is 23.0. The van der Waals surface area contributed by atoms with Gasteiger partial charge in [-0.05, 0) is 222 Å². The third-order valence-corrected chi connectivity index (χ3v) is 20.3. The maximum absolute atomic E-state index is 12.5. The molecule has 91 heavy (non-hydrogen) atoms. The van der Waals surface area contributed by atoms with Gasteiger partial charge in [0.25, 0.3) is 0 Å². The molecular weight excluding hydrogens is 1170 g/mol. The predicted octanol–water partition coefficient (Wildman–Crippen LogP) is 14.3. The number of hydrogen-bond donors (Lipinski definition) is 4. The highest BCUT2D eigenvalue weighted by Gasteiger charge is 2.45. The molecule has 0 saturated carbocycles. The minimum atomic E-state index is -0.436. The summed E-state index contributed by atoms with van der Waals surface area (Å²) < 4.78 is 20.7. The summed E-state index contributed by atoms with van der Waals surface area (Å²) in [5, 5.41) is 40.1. The predicted molar refractivity (Wildman–Crippen MR) is 363 cm³/mol. The Labute approximate surface area is 547 Å². The fraction of sp³-hybridized carbons (Fsp3) is 0.545. The number of benzene rings is 5. The Hall–Kier alpha value is -6.06. The lowest BCUT2D eigenvalue weighted by molar-refractivity contribution is 0.0645. The number of hydrogen-bond acceptors (Lipinski definition) is 13. The summed E-state index contributed by atoms with van der Waals surface area (Å²) >= 11 is 5.81. The number of methoxy groups -OCH3 is 4. The molecule has 0 heterocycles. The van der Waals surface area contributed by atoms with Crippen LogP contribution in [-0.2, 0) is 83.2 Å². The van der Waals surface area contributed by atoms with Crippen molar-refractivity contribution in [3.63, 3.8) is 0 Å². The number of carbonyl (C=O) groups excluding carboxylic acids is 5. The highest BCUT2D eigenvalue weighted by molar-refractivity contribution is 6.18. The van der Waals surface area contributed by atoms with Crippen molar-refractivity contribution in [1.82, 2.24) is 0 Å². The Morgan fingerprint density at radius 2 is 0.725 bits per heavy atom. The van der Waals surface area contributed by atoms with E-state index in [0.29, 0.717) is 81.3 Å². The first-order chi connectivity index (χ1) is 42.4. The van der Waals surface area contributed by atoms with E-state index in [2.05, 4.69) is 32.9 Å². The molecule has 0 spiro atoms. The molecule has 4 N–H and O–H groups in total. The molecule has 496 valence electrons. The first-order valence-corrected chi connectivity index (χ1v) is 32.6. The van der Waals surface area contributed by atoms with E-state index in [0.717, 1.165) is 131 Å². The molecule has 0 aromatic heterocycles. The quantitative estimate of drug-likeness (QED) is 0.0766. The van der Waals surface area contributed by atoms with E-state index >= 15 is 0 Å². The van der Waals surface area contributed by atoms with Crippen LogP contribution in [-0.4, -0.2) is 116 Å². The van der Waals surface area contributed by atoms with Crippen LogP contribution in [0.2, 0.25) is 0 Å². The number of phenolic OH excluding ortho intramolecular Hbond substituents is 3. The summed E-state index contributed by atoms with van der Waals surface area (Å²) in [6, 6.07) is 4.32. The number of phenols is 3. The van der Waals surface area contributed by atoms with Gasteiger partial charge in [0, 0.05) is 114 Å². The van der Waals surface area contributed by atoms with Crippen molar-refractivity contribution in [3.8, 4) is 17.2 Å². The van der Waals surface area contributed by atoms with Gasteiger partial charge in [0.05, 0.1) is 19.8 Å². The maximum Gasteiger partial charge on any atom is 0.192 e. The molecule has 5 aromatic rings. The lowest BCUT2D eigenvalue weighted by atomic mass is 9.88. The molecule has 0 aliphatic heterocycles. The molecule has 5 aromatic carbocycles. The Morgan fingerprint density at radius 3 is 1.08 bits per heavy atom. The normalized spacial score (nSPS) is 17.2. The molecule has 0 radical (unpaired) electrons. The molecule has 14 heteroatoms. The van der Waals surface area contributed by atoms with Gasteiger partial charge in [0.2, 0.25) is 0 Å². The number of aliphatic hydroxyl groups is 1. The number of aryl methyl sites for hydroxylation is 2. The molecule has 0 fully saturated rings. The largest absolute Gasteiger partial charge is 0.507 e. The second-order valence-electron chi connectivity index (χ2n) is 28.4. The van der Waals surface area contributed by atoms with Gasteiger partial charge in [0.15, 0.2) is 28.9 Å². The van der Waals surface area contributed by atoms with Gasteiger partial charge < -0.3 is 39.4 Å². The van der Waals surface area contributed by atoms with Gasteiger partial charge in [-0.15, -0.1) is 11.6 Å². The zero-order chi connectivity index (χ0) is 68.5. The SMILES string of the molecule is COCCc1c(C)c(O)c2c(c1C)C(=O)C(C)(C)C2.COCCc1c(C)cc2c(c1C)C(=O)C(C)(C)C2.COCCc1c(C)cc2c(c1C)C(=O)C(OC)C2.Cc1c(O)c2c(c(C)c1CCCl)C(=O)C(C)(C)C2.Cc1c(O)c2c(c(C)c1CCO)C(=O)C(C)(C)C2. The van der Waals surface area contributed by atoms with E-state index in [4.69, 9.17) is 35.7 Å². The monoisotopic (exact) mass is 1270 g/mol. The molecule has 0 amide bonds. The molecule has 0 bridgehead atoms. The second kappa shape index (κ2) is 29.1. The molecule has 10 rings (SSSR count). The van der Waals surface area contributed by atoms with Crippen molar-refractivity contribution >= 4 is 40.5 Å². The van der Waals surface area contributed by atoms with Gasteiger partial charge in [0.1, 0.15) is 23.4 Å². The Balaban J connectivity index is 0.000000181. The average molecular weight is 1270 g/mol. The number of ketones is 5.